The van der Waals surface area contributed by atoms with Gasteiger partial charge in [0.1, 0.15) is 5.75 Å². The van der Waals surface area contributed by atoms with E-state index < -0.39 is 22.0 Å². The van der Waals surface area contributed by atoms with Gasteiger partial charge in [0, 0.05) is 5.69 Å². The lowest BCUT2D eigenvalue weighted by atomic mass is 10.1. The van der Waals surface area contributed by atoms with Gasteiger partial charge in [0.2, 0.25) is 0 Å². The third-order valence-corrected chi connectivity index (χ3v) is 6.81. The SMILES string of the molecule is CCc1ccccc1NC(=O)[C@@H]1CN(S(=O)(=O)c2ccccc2)c2ccccc2O1. The molecule has 1 aliphatic rings. The molecule has 154 valence electrons. The van der Waals surface area contributed by atoms with Crippen LogP contribution in [0.2, 0.25) is 0 Å². The Hall–Kier alpha value is -3.32. The van der Waals surface area contributed by atoms with Crippen LogP contribution in [0.1, 0.15) is 12.5 Å². The molecule has 3 aromatic carbocycles. The van der Waals surface area contributed by atoms with Crippen LogP contribution < -0.4 is 14.4 Å². The number of anilines is 2. The zero-order valence-electron chi connectivity index (χ0n) is 16.5. The van der Waals surface area contributed by atoms with Gasteiger partial charge < -0.3 is 10.1 Å². The summed E-state index contributed by atoms with van der Waals surface area (Å²) in [5.41, 5.74) is 2.11. The Morgan fingerprint density at radius 1 is 1.00 bits per heavy atom. The van der Waals surface area contributed by atoms with Gasteiger partial charge >= 0.3 is 0 Å². The van der Waals surface area contributed by atoms with Crippen molar-refractivity contribution in [1.29, 1.82) is 0 Å². The van der Waals surface area contributed by atoms with Crippen LogP contribution in [0.5, 0.6) is 5.75 Å². The van der Waals surface area contributed by atoms with Crippen molar-refractivity contribution >= 4 is 27.3 Å². The summed E-state index contributed by atoms with van der Waals surface area (Å²) in [6.07, 6.45) is -0.220. The highest BCUT2D eigenvalue weighted by molar-refractivity contribution is 7.92. The smallest absolute Gasteiger partial charge is 0.267 e. The largest absolute Gasteiger partial charge is 0.476 e. The molecule has 0 spiro atoms. The molecular weight excluding hydrogens is 400 g/mol. The number of aryl methyl sites for hydroxylation is 1. The molecule has 7 heteroatoms. The van der Waals surface area contributed by atoms with Crippen LogP contribution in [0.4, 0.5) is 11.4 Å². The molecule has 0 radical (unpaired) electrons. The maximum absolute atomic E-state index is 13.3. The summed E-state index contributed by atoms with van der Waals surface area (Å²) >= 11 is 0. The Balaban J connectivity index is 1.67. The molecule has 4 rings (SSSR count). The summed E-state index contributed by atoms with van der Waals surface area (Å²) in [7, 11) is -3.85. The highest BCUT2D eigenvalue weighted by atomic mass is 32.2. The lowest BCUT2D eigenvalue weighted by Crippen LogP contribution is -2.48. The van der Waals surface area contributed by atoms with E-state index in [2.05, 4.69) is 5.32 Å². The summed E-state index contributed by atoms with van der Waals surface area (Å²) in [5, 5.41) is 2.89. The molecule has 1 amide bonds. The fourth-order valence-electron chi connectivity index (χ4n) is 3.45. The zero-order valence-corrected chi connectivity index (χ0v) is 17.3. The number of nitrogens with zero attached hydrogens (tertiary/aromatic N) is 1. The second-order valence-electron chi connectivity index (χ2n) is 6.92. The number of benzene rings is 3. The van der Waals surface area contributed by atoms with Crippen LogP contribution in [0.15, 0.2) is 83.8 Å². The molecule has 3 aromatic rings. The first kappa shape index (κ1) is 20.0. The molecule has 1 heterocycles. The lowest BCUT2D eigenvalue weighted by molar-refractivity contribution is -0.122. The summed E-state index contributed by atoms with van der Waals surface area (Å²) in [6, 6.07) is 22.5. The fraction of sp³-hybridized carbons (Fsp3) is 0.174. The molecule has 0 bridgehead atoms. The Bertz CT molecular complexity index is 1160. The van der Waals surface area contributed by atoms with Crippen molar-refractivity contribution in [2.75, 3.05) is 16.2 Å². The second kappa shape index (κ2) is 8.20. The first-order chi connectivity index (χ1) is 14.5. The predicted octanol–water partition coefficient (Wildman–Crippen LogP) is 3.84. The van der Waals surface area contributed by atoms with Gasteiger partial charge in [-0.2, -0.15) is 0 Å². The van der Waals surface area contributed by atoms with E-state index in [0.717, 1.165) is 12.0 Å². The highest BCUT2D eigenvalue weighted by Gasteiger charge is 2.37. The monoisotopic (exact) mass is 422 g/mol. The molecule has 0 saturated carbocycles. The standard InChI is InChI=1S/C23H22N2O4S/c1-2-17-10-6-7-13-19(17)24-23(26)22-16-25(20-14-8-9-15-21(20)29-22)30(27,28)18-11-4-3-5-12-18/h3-15,22H,2,16H2,1H3,(H,24,26)/t22-/m0/s1. The van der Waals surface area contributed by atoms with Crippen molar-refractivity contribution in [1.82, 2.24) is 0 Å². The minimum absolute atomic E-state index is 0.117. The quantitative estimate of drug-likeness (QED) is 0.678. The Morgan fingerprint density at radius 2 is 1.67 bits per heavy atom. The maximum atomic E-state index is 13.3. The molecular formula is C23H22N2O4S. The van der Waals surface area contributed by atoms with Gasteiger partial charge in [-0.25, -0.2) is 8.42 Å². The number of amides is 1. The van der Waals surface area contributed by atoms with Crippen molar-refractivity contribution in [3.63, 3.8) is 0 Å². The van der Waals surface area contributed by atoms with Crippen LogP contribution >= 0.6 is 0 Å². The topological polar surface area (TPSA) is 75.7 Å². The van der Waals surface area contributed by atoms with Gasteiger partial charge in [0.25, 0.3) is 15.9 Å². The Morgan fingerprint density at radius 3 is 2.43 bits per heavy atom. The van der Waals surface area contributed by atoms with Crippen molar-refractivity contribution in [2.24, 2.45) is 0 Å². The number of hydrogen-bond donors (Lipinski definition) is 1. The third kappa shape index (κ3) is 3.76. The number of fused-ring (bicyclic) bond motifs is 1. The lowest BCUT2D eigenvalue weighted by Gasteiger charge is -2.34. The van der Waals surface area contributed by atoms with Crippen LogP contribution in [-0.2, 0) is 21.2 Å². The third-order valence-electron chi connectivity index (χ3n) is 5.01. The van der Waals surface area contributed by atoms with E-state index in [1.54, 1.807) is 54.6 Å². The minimum Gasteiger partial charge on any atom is -0.476 e. The van der Waals surface area contributed by atoms with Crippen molar-refractivity contribution in [3.05, 3.63) is 84.4 Å². The van der Waals surface area contributed by atoms with Crippen LogP contribution in [0.25, 0.3) is 0 Å². The van der Waals surface area contributed by atoms with Crippen LogP contribution in [0.3, 0.4) is 0 Å². The van der Waals surface area contributed by atoms with Crippen LogP contribution in [-0.4, -0.2) is 27.0 Å². The Labute approximate surface area is 176 Å². The van der Waals surface area contributed by atoms with Gasteiger partial charge in [-0.15, -0.1) is 0 Å². The molecule has 0 fully saturated rings. The number of rotatable bonds is 5. The number of nitrogens with one attached hydrogen (secondary N) is 1. The average molecular weight is 423 g/mol. The highest BCUT2D eigenvalue weighted by Crippen LogP contribution is 2.37. The number of carbonyl (C=O) groups is 1. The first-order valence-electron chi connectivity index (χ1n) is 9.73. The summed E-state index contributed by atoms with van der Waals surface area (Å²) < 4.78 is 33.8. The van der Waals surface area contributed by atoms with Gasteiger partial charge in [-0.1, -0.05) is 55.5 Å². The number of sulfonamides is 1. The zero-order chi connectivity index (χ0) is 21.1. The van der Waals surface area contributed by atoms with E-state index >= 15 is 0 Å². The van der Waals surface area contributed by atoms with Crippen molar-refractivity contribution in [2.45, 2.75) is 24.3 Å². The average Bonchev–Trinajstić information content (AvgIpc) is 2.79. The molecule has 1 N–H and O–H groups in total. The maximum Gasteiger partial charge on any atom is 0.267 e. The normalized spacial score (nSPS) is 15.8. The Kier molecular flexibility index (Phi) is 5.46. The molecule has 1 atom stereocenters. The number of para-hydroxylation sites is 3. The van der Waals surface area contributed by atoms with E-state index in [0.29, 0.717) is 17.1 Å². The van der Waals surface area contributed by atoms with Crippen LogP contribution in [0, 0.1) is 0 Å². The number of carbonyl (C=O) groups excluding carboxylic acids is 1. The second-order valence-corrected chi connectivity index (χ2v) is 8.79. The van der Waals surface area contributed by atoms with Gasteiger partial charge in [0.05, 0.1) is 17.1 Å². The van der Waals surface area contributed by atoms with E-state index in [9.17, 15) is 13.2 Å². The number of hydrogen-bond acceptors (Lipinski definition) is 4. The van der Waals surface area contributed by atoms with E-state index in [1.165, 1.54) is 4.31 Å². The molecule has 6 nitrogen and oxygen atoms in total. The number of ether oxygens (including phenoxy) is 1. The first-order valence-corrected chi connectivity index (χ1v) is 11.2. The summed E-state index contributed by atoms with van der Waals surface area (Å²) in [4.78, 5) is 13.2. The molecule has 0 unspecified atom stereocenters. The fourth-order valence-corrected chi connectivity index (χ4v) is 4.95. The minimum atomic E-state index is -3.85. The van der Waals surface area contributed by atoms with Gasteiger partial charge in [-0.3, -0.25) is 9.10 Å². The van der Waals surface area contributed by atoms with Crippen molar-refractivity contribution in [3.8, 4) is 5.75 Å². The summed E-state index contributed by atoms with van der Waals surface area (Å²) in [6.45, 7) is 1.89. The van der Waals surface area contributed by atoms with E-state index in [4.69, 9.17) is 4.74 Å². The predicted molar refractivity (Wildman–Crippen MR) is 116 cm³/mol. The van der Waals surface area contributed by atoms with E-state index in [1.807, 2.05) is 31.2 Å². The van der Waals surface area contributed by atoms with Gasteiger partial charge in [-0.05, 0) is 42.3 Å². The molecule has 0 aliphatic carbocycles. The van der Waals surface area contributed by atoms with Crippen molar-refractivity contribution < 1.29 is 17.9 Å². The van der Waals surface area contributed by atoms with Gasteiger partial charge in [0.15, 0.2) is 6.10 Å². The molecule has 0 saturated heterocycles. The molecule has 0 aromatic heterocycles. The molecule has 30 heavy (non-hydrogen) atoms. The van der Waals surface area contributed by atoms with E-state index in [-0.39, 0.29) is 11.4 Å². The summed E-state index contributed by atoms with van der Waals surface area (Å²) in [5.74, 6) is -0.0363. The molecule has 1 aliphatic heterocycles.